The van der Waals surface area contributed by atoms with Crippen LogP contribution in [-0.2, 0) is 16.0 Å². The molecule has 3 rings (SSSR count). The summed E-state index contributed by atoms with van der Waals surface area (Å²) < 4.78 is 5.29. The van der Waals surface area contributed by atoms with Crippen LogP contribution in [0.3, 0.4) is 0 Å². The standard InChI is InChI=1S/C21H28ClN5O3/c1-15(2)23-18(28)14-26-10-12-27(13-11-26)20(29)5-3-4-19-24-21(25-30-19)16-6-8-17(22)9-7-16/h6-9,15H,3-5,10-14H2,1-2H3,(H,23,28). The van der Waals surface area contributed by atoms with E-state index in [1.807, 2.05) is 30.9 Å². The van der Waals surface area contributed by atoms with Crippen molar-refractivity contribution in [1.82, 2.24) is 25.3 Å². The molecule has 0 atom stereocenters. The van der Waals surface area contributed by atoms with Gasteiger partial charge in [-0.2, -0.15) is 4.98 Å². The molecule has 0 aliphatic carbocycles. The molecule has 162 valence electrons. The lowest BCUT2D eigenvalue weighted by Crippen LogP contribution is -2.51. The molecule has 0 spiro atoms. The first kappa shape index (κ1) is 22.2. The lowest BCUT2D eigenvalue weighted by molar-refractivity contribution is -0.133. The summed E-state index contributed by atoms with van der Waals surface area (Å²) >= 11 is 5.89. The third-order valence-corrected chi connectivity index (χ3v) is 5.15. The fourth-order valence-corrected chi connectivity index (χ4v) is 3.47. The number of halogens is 1. The molecule has 9 heteroatoms. The van der Waals surface area contributed by atoms with E-state index in [2.05, 4.69) is 20.4 Å². The molecule has 0 radical (unpaired) electrons. The predicted molar refractivity (Wildman–Crippen MR) is 114 cm³/mol. The molecule has 1 N–H and O–H groups in total. The van der Waals surface area contributed by atoms with Crippen molar-refractivity contribution in [3.05, 3.63) is 35.2 Å². The number of carbonyl (C=O) groups excluding carboxylic acids is 2. The van der Waals surface area contributed by atoms with Gasteiger partial charge in [-0.25, -0.2) is 0 Å². The van der Waals surface area contributed by atoms with E-state index in [1.54, 1.807) is 12.1 Å². The number of carbonyl (C=O) groups is 2. The molecule has 2 aromatic rings. The first-order valence-corrected chi connectivity index (χ1v) is 10.7. The topological polar surface area (TPSA) is 91.6 Å². The van der Waals surface area contributed by atoms with Crippen molar-refractivity contribution < 1.29 is 14.1 Å². The highest BCUT2D eigenvalue weighted by molar-refractivity contribution is 6.30. The maximum atomic E-state index is 12.5. The van der Waals surface area contributed by atoms with Gasteiger partial charge in [0.1, 0.15) is 0 Å². The minimum atomic E-state index is 0.0299. The van der Waals surface area contributed by atoms with Crippen LogP contribution in [-0.4, -0.2) is 70.5 Å². The SMILES string of the molecule is CC(C)NC(=O)CN1CCN(C(=O)CCCc2nc(-c3ccc(Cl)cc3)no2)CC1. The molecule has 0 unspecified atom stereocenters. The average Bonchev–Trinajstić information content (AvgIpc) is 3.17. The number of piperazine rings is 1. The number of benzene rings is 1. The van der Waals surface area contributed by atoms with Gasteiger partial charge in [0.2, 0.25) is 23.5 Å². The quantitative estimate of drug-likeness (QED) is 0.687. The molecule has 1 aliphatic heterocycles. The van der Waals surface area contributed by atoms with E-state index in [1.165, 1.54) is 0 Å². The largest absolute Gasteiger partial charge is 0.353 e. The van der Waals surface area contributed by atoms with Crippen molar-refractivity contribution in [3.8, 4) is 11.4 Å². The van der Waals surface area contributed by atoms with Crippen molar-refractivity contribution in [2.45, 2.75) is 39.2 Å². The predicted octanol–water partition coefficient (Wildman–Crippen LogP) is 2.38. The summed E-state index contributed by atoms with van der Waals surface area (Å²) in [6, 6.07) is 7.38. The van der Waals surface area contributed by atoms with E-state index in [0.29, 0.717) is 68.7 Å². The van der Waals surface area contributed by atoms with E-state index < -0.39 is 0 Å². The molecule has 1 aromatic carbocycles. The van der Waals surface area contributed by atoms with Gasteiger partial charge >= 0.3 is 0 Å². The summed E-state index contributed by atoms with van der Waals surface area (Å²) in [6.45, 7) is 7.00. The van der Waals surface area contributed by atoms with Crippen LogP contribution >= 0.6 is 11.6 Å². The smallest absolute Gasteiger partial charge is 0.234 e. The fraction of sp³-hybridized carbons (Fsp3) is 0.524. The van der Waals surface area contributed by atoms with Gasteiger partial charge in [-0.15, -0.1) is 0 Å². The van der Waals surface area contributed by atoms with E-state index >= 15 is 0 Å². The van der Waals surface area contributed by atoms with Gasteiger partial charge in [0.15, 0.2) is 0 Å². The summed E-state index contributed by atoms with van der Waals surface area (Å²) in [5, 5.41) is 7.54. The molecule has 2 amide bonds. The maximum Gasteiger partial charge on any atom is 0.234 e. The second-order valence-electron chi connectivity index (χ2n) is 7.75. The molecule has 8 nitrogen and oxygen atoms in total. The highest BCUT2D eigenvalue weighted by atomic mass is 35.5. The minimum absolute atomic E-state index is 0.0299. The Labute approximate surface area is 181 Å². The number of amides is 2. The van der Waals surface area contributed by atoms with Gasteiger partial charge in [-0.05, 0) is 44.5 Å². The summed E-state index contributed by atoms with van der Waals surface area (Å²) in [5.74, 6) is 1.19. The zero-order chi connectivity index (χ0) is 21.5. The molecule has 0 bridgehead atoms. The van der Waals surface area contributed by atoms with Crippen LogP contribution in [0, 0.1) is 0 Å². The zero-order valence-corrected chi connectivity index (χ0v) is 18.2. The van der Waals surface area contributed by atoms with E-state index in [4.69, 9.17) is 16.1 Å². The van der Waals surface area contributed by atoms with Gasteiger partial charge in [0.25, 0.3) is 0 Å². The maximum absolute atomic E-state index is 12.5. The molecule has 1 aliphatic rings. The minimum Gasteiger partial charge on any atom is -0.353 e. The van der Waals surface area contributed by atoms with Gasteiger partial charge in [-0.3, -0.25) is 14.5 Å². The van der Waals surface area contributed by atoms with Gasteiger partial charge in [0.05, 0.1) is 6.54 Å². The Morgan fingerprint density at radius 2 is 1.87 bits per heavy atom. The summed E-state index contributed by atoms with van der Waals surface area (Å²) in [6.07, 6.45) is 1.65. The number of hydrogen-bond acceptors (Lipinski definition) is 6. The lowest BCUT2D eigenvalue weighted by Gasteiger charge is -2.34. The first-order chi connectivity index (χ1) is 14.4. The Hall–Kier alpha value is -2.45. The highest BCUT2D eigenvalue weighted by Gasteiger charge is 2.22. The third-order valence-electron chi connectivity index (χ3n) is 4.89. The first-order valence-electron chi connectivity index (χ1n) is 10.3. The molecule has 1 fully saturated rings. The second-order valence-corrected chi connectivity index (χ2v) is 8.19. The third kappa shape index (κ3) is 6.53. The van der Waals surface area contributed by atoms with E-state index in [-0.39, 0.29) is 17.9 Å². The van der Waals surface area contributed by atoms with Crippen LogP contribution < -0.4 is 5.32 Å². The number of nitrogens with one attached hydrogen (secondary N) is 1. The number of nitrogens with zero attached hydrogens (tertiary/aromatic N) is 4. The molecule has 1 aromatic heterocycles. The van der Waals surface area contributed by atoms with Crippen LogP contribution in [0.1, 0.15) is 32.6 Å². The Bertz CT molecular complexity index is 845. The lowest BCUT2D eigenvalue weighted by atomic mass is 10.2. The highest BCUT2D eigenvalue weighted by Crippen LogP contribution is 2.19. The molecular weight excluding hydrogens is 406 g/mol. The normalized spacial score (nSPS) is 14.9. The molecule has 30 heavy (non-hydrogen) atoms. The summed E-state index contributed by atoms with van der Waals surface area (Å²) in [7, 11) is 0. The van der Waals surface area contributed by atoms with Crippen molar-refractivity contribution in [2.75, 3.05) is 32.7 Å². The Balaban J connectivity index is 1.37. The monoisotopic (exact) mass is 433 g/mol. The number of aryl methyl sites for hydroxylation is 1. The van der Waals surface area contributed by atoms with Crippen LogP contribution in [0.15, 0.2) is 28.8 Å². The van der Waals surface area contributed by atoms with E-state index in [0.717, 1.165) is 5.56 Å². The zero-order valence-electron chi connectivity index (χ0n) is 17.4. The Morgan fingerprint density at radius 1 is 1.17 bits per heavy atom. The van der Waals surface area contributed by atoms with Gasteiger partial charge < -0.3 is 14.7 Å². The van der Waals surface area contributed by atoms with E-state index in [9.17, 15) is 9.59 Å². The van der Waals surface area contributed by atoms with Gasteiger partial charge in [0, 0.05) is 55.6 Å². The van der Waals surface area contributed by atoms with Crippen molar-refractivity contribution >= 4 is 23.4 Å². The molecule has 2 heterocycles. The van der Waals surface area contributed by atoms with Crippen molar-refractivity contribution in [1.29, 1.82) is 0 Å². The van der Waals surface area contributed by atoms with Crippen molar-refractivity contribution in [3.63, 3.8) is 0 Å². The molecular formula is C21H28ClN5O3. The van der Waals surface area contributed by atoms with Crippen molar-refractivity contribution in [2.24, 2.45) is 0 Å². The average molecular weight is 434 g/mol. The fourth-order valence-electron chi connectivity index (χ4n) is 3.35. The summed E-state index contributed by atoms with van der Waals surface area (Å²) in [4.78, 5) is 32.7. The number of aromatic nitrogens is 2. The van der Waals surface area contributed by atoms with Crippen LogP contribution in [0.25, 0.3) is 11.4 Å². The summed E-state index contributed by atoms with van der Waals surface area (Å²) in [5.41, 5.74) is 0.838. The molecule has 0 saturated carbocycles. The second kappa shape index (κ2) is 10.5. The Morgan fingerprint density at radius 3 is 2.53 bits per heavy atom. The van der Waals surface area contributed by atoms with Gasteiger partial charge in [-0.1, -0.05) is 16.8 Å². The van der Waals surface area contributed by atoms with Crippen LogP contribution in [0.4, 0.5) is 0 Å². The number of rotatable bonds is 8. The van der Waals surface area contributed by atoms with Crippen LogP contribution in [0.2, 0.25) is 5.02 Å². The Kier molecular flexibility index (Phi) is 7.81. The van der Waals surface area contributed by atoms with Crippen LogP contribution in [0.5, 0.6) is 0 Å². The number of hydrogen-bond donors (Lipinski definition) is 1. The molecule has 1 saturated heterocycles.